The third-order valence-corrected chi connectivity index (χ3v) is 4.11. The standard InChI is InChI=1S/C13H14BrNOS/c1-9-3-2-4-10(7-9)16-11(8-15)12-5-6-13(14)17-12/h2-7,11H,8,15H2,1H3. The van der Waals surface area contributed by atoms with Gasteiger partial charge in [0.1, 0.15) is 11.9 Å². The van der Waals surface area contributed by atoms with Crippen LogP contribution in [0.3, 0.4) is 0 Å². The number of aryl methyl sites for hydroxylation is 1. The average Bonchev–Trinajstić information content (AvgIpc) is 2.73. The Labute approximate surface area is 114 Å². The van der Waals surface area contributed by atoms with E-state index in [4.69, 9.17) is 10.5 Å². The maximum Gasteiger partial charge on any atom is 0.145 e. The van der Waals surface area contributed by atoms with Crippen molar-refractivity contribution in [1.82, 2.24) is 0 Å². The fourth-order valence-electron chi connectivity index (χ4n) is 1.58. The molecule has 0 spiro atoms. The zero-order chi connectivity index (χ0) is 12.3. The minimum atomic E-state index is -0.0758. The SMILES string of the molecule is Cc1cccc(OC(CN)c2ccc(Br)s2)c1. The van der Waals surface area contributed by atoms with Gasteiger partial charge in [0.05, 0.1) is 3.79 Å². The fourth-order valence-corrected chi connectivity index (χ4v) is 3.04. The van der Waals surface area contributed by atoms with Gasteiger partial charge in [-0.15, -0.1) is 11.3 Å². The number of hydrogen-bond donors (Lipinski definition) is 1. The number of nitrogens with two attached hydrogens (primary N) is 1. The van der Waals surface area contributed by atoms with Crippen LogP contribution in [0.15, 0.2) is 40.2 Å². The lowest BCUT2D eigenvalue weighted by atomic mass is 10.2. The van der Waals surface area contributed by atoms with Crippen molar-refractivity contribution in [2.75, 3.05) is 6.54 Å². The molecule has 1 heterocycles. The van der Waals surface area contributed by atoms with Crippen LogP contribution in [0.2, 0.25) is 0 Å². The predicted molar refractivity (Wildman–Crippen MR) is 75.6 cm³/mol. The van der Waals surface area contributed by atoms with Crippen LogP contribution in [0.4, 0.5) is 0 Å². The van der Waals surface area contributed by atoms with Gasteiger partial charge in [0, 0.05) is 11.4 Å². The van der Waals surface area contributed by atoms with Gasteiger partial charge in [0.25, 0.3) is 0 Å². The minimum absolute atomic E-state index is 0.0758. The molecule has 0 saturated carbocycles. The van der Waals surface area contributed by atoms with Crippen LogP contribution in [0, 0.1) is 6.92 Å². The Bertz CT molecular complexity index is 498. The summed E-state index contributed by atoms with van der Waals surface area (Å²) in [6, 6.07) is 12.1. The Hall–Kier alpha value is -0.840. The molecule has 0 radical (unpaired) electrons. The van der Waals surface area contributed by atoms with Crippen molar-refractivity contribution in [3.8, 4) is 5.75 Å². The highest BCUT2D eigenvalue weighted by Crippen LogP contribution is 2.30. The van der Waals surface area contributed by atoms with E-state index < -0.39 is 0 Å². The molecule has 1 atom stereocenters. The topological polar surface area (TPSA) is 35.2 Å². The second-order valence-electron chi connectivity index (χ2n) is 3.80. The maximum atomic E-state index is 5.91. The minimum Gasteiger partial charge on any atom is -0.484 e. The molecule has 0 aliphatic rings. The van der Waals surface area contributed by atoms with Crippen molar-refractivity contribution in [1.29, 1.82) is 0 Å². The molecule has 1 unspecified atom stereocenters. The van der Waals surface area contributed by atoms with Crippen LogP contribution in [0.25, 0.3) is 0 Å². The third-order valence-electron chi connectivity index (χ3n) is 2.39. The van der Waals surface area contributed by atoms with E-state index in [1.165, 1.54) is 5.56 Å². The van der Waals surface area contributed by atoms with Crippen LogP contribution in [-0.2, 0) is 0 Å². The average molecular weight is 312 g/mol. The number of rotatable bonds is 4. The summed E-state index contributed by atoms with van der Waals surface area (Å²) in [5.74, 6) is 0.866. The van der Waals surface area contributed by atoms with Gasteiger partial charge in [0.15, 0.2) is 0 Å². The Morgan fingerprint density at radius 2 is 2.18 bits per heavy atom. The number of benzene rings is 1. The van der Waals surface area contributed by atoms with E-state index in [1.807, 2.05) is 43.3 Å². The number of halogens is 1. The number of ether oxygens (including phenoxy) is 1. The summed E-state index contributed by atoms with van der Waals surface area (Å²) >= 11 is 5.10. The molecule has 0 amide bonds. The van der Waals surface area contributed by atoms with Crippen LogP contribution < -0.4 is 10.5 Å². The molecule has 1 aromatic heterocycles. The van der Waals surface area contributed by atoms with Crippen LogP contribution in [0.1, 0.15) is 16.5 Å². The van der Waals surface area contributed by atoms with E-state index in [1.54, 1.807) is 11.3 Å². The maximum absolute atomic E-state index is 5.91. The van der Waals surface area contributed by atoms with E-state index in [0.717, 1.165) is 14.4 Å². The molecule has 17 heavy (non-hydrogen) atoms. The summed E-state index contributed by atoms with van der Waals surface area (Å²) in [6.45, 7) is 2.52. The predicted octanol–water partition coefficient (Wildman–Crippen LogP) is 3.90. The summed E-state index contributed by atoms with van der Waals surface area (Å²) in [6.07, 6.45) is -0.0758. The van der Waals surface area contributed by atoms with Crippen molar-refractivity contribution < 1.29 is 4.74 Å². The highest BCUT2D eigenvalue weighted by atomic mass is 79.9. The highest BCUT2D eigenvalue weighted by molar-refractivity contribution is 9.11. The largest absolute Gasteiger partial charge is 0.484 e. The van der Waals surface area contributed by atoms with Gasteiger partial charge in [-0.05, 0) is 52.7 Å². The van der Waals surface area contributed by atoms with Gasteiger partial charge in [-0.3, -0.25) is 0 Å². The van der Waals surface area contributed by atoms with Crippen molar-refractivity contribution in [2.24, 2.45) is 5.73 Å². The van der Waals surface area contributed by atoms with E-state index in [9.17, 15) is 0 Å². The van der Waals surface area contributed by atoms with E-state index in [0.29, 0.717) is 6.54 Å². The Morgan fingerprint density at radius 1 is 1.35 bits per heavy atom. The first-order chi connectivity index (χ1) is 8.19. The first kappa shape index (κ1) is 12.6. The highest BCUT2D eigenvalue weighted by Gasteiger charge is 2.13. The molecule has 2 rings (SSSR count). The zero-order valence-corrected chi connectivity index (χ0v) is 11.9. The first-order valence-corrected chi connectivity index (χ1v) is 6.98. The van der Waals surface area contributed by atoms with Gasteiger partial charge in [0.2, 0.25) is 0 Å². The van der Waals surface area contributed by atoms with Gasteiger partial charge in [-0.2, -0.15) is 0 Å². The van der Waals surface area contributed by atoms with Gasteiger partial charge < -0.3 is 10.5 Å². The summed E-state index contributed by atoms with van der Waals surface area (Å²) in [7, 11) is 0. The molecule has 0 aliphatic heterocycles. The Balaban J connectivity index is 2.15. The van der Waals surface area contributed by atoms with Gasteiger partial charge in [-0.25, -0.2) is 0 Å². The van der Waals surface area contributed by atoms with Crippen molar-refractivity contribution >= 4 is 27.3 Å². The molecule has 1 aromatic carbocycles. The summed E-state index contributed by atoms with van der Waals surface area (Å²) in [4.78, 5) is 1.14. The van der Waals surface area contributed by atoms with E-state index >= 15 is 0 Å². The molecule has 0 saturated heterocycles. The Morgan fingerprint density at radius 3 is 2.76 bits per heavy atom. The molecular weight excluding hydrogens is 298 g/mol. The Kier molecular flexibility index (Phi) is 4.20. The molecule has 2 nitrogen and oxygen atoms in total. The molecular formula is C13H14BrNOS. The quantitative estimate of drug-likeness (QED) is 0.929. The molecule has 2 aromatic rings. The second kappa shape index (κ2) is 5.67. The van der Waals surface area contributed by atoms with Gasteiger partial charge in [-0.1, -0.05) is 12.1 Å². The second-order valence-corrected chi connectivity index (χ2v) is 6.30. The van der Waals surface area contributed by atoms with Crippen molar-refractivity contribution in [3.63, 3.8) is 0 Å². The van der Waals surface area contributed by atoms with Crippen molar-refractivity contribution in [2.45, 2.75) is 13.0 Å². The van der Waals surface area contributed by atoms with Crippen molar-refractivity contribution in [3.05, 3.63) is 50.6 Å². The van der Waals surface area contributed by atoms with Crippen LogP contribution in [0.5, 0.6) is 5.75 Å². The number of hydrogen-bond acceptors (Lipinski definition) is 3. The van der Waals surface area contributed by atoms with Crippen LogP contribution >= 0.6 is 27.3 Å². The smallest absolute Gasteiger partial charge is 0.145 e. The zero-order valence-electron chi connectivity index (χ0n) is 9.52. The molecule has 4 heteroatoms. The molecule has 0 fully saturated rings. The summed E-state index contributed by atoms with van der Waals surface area (Å²) in [5, 5.41) is 0. The summed E-state index contributed by atoms with van der Waals surface area (Å²) < 4.78 is 7.00. The lowest BCUT2D eigenvalue weighted by molar-refractivity contribution is 0.218. The summed E-state index contributed by atoms with van der Waals surface area (Å²) in [5.41, 5.74) is 6.95. The fraction of sp³-hybridized carbons (Fsp3) is 0.231. The molecule has 0 bridgehead atoms. The normalized spacial score (nSPS) is 12.4. The van der Waals surface area contributed by atoms with Gasteiger partial charge >= 0.3 is 0 Å². The molecule has 2 N–H and O–H groups in total. The molecule has 0 aliphatic carbocycles. The van der Waals surface area contributed by atoms with E-state index in [2.05, 4.69) is 15.9 Å². The lowest BCUT2D eigenvalue weighted by Gasteiger charge is -2.16. The third kappa shape index (κ3) is 3.31. The first-order valence-electron chi connectivity index (χ1n) is 5.37. The lowest BCUT2D eigenvalue weighted by Crippen LogP contribution is -2.17. The molecule has 90 valence electrons. The number of thiophene rings is 1. The van der Waals surface area contributed by atoms with Crippen LogP contribution in [-0.4, -0.2) is 6.54 Å². The monoisotopic (exact) mass is 311 g/mol. The van der Waals surface area contributed by atoms with E-state index in [-0.39, 0.29) is 6.10 Å².